The molecule has 9 rings (SSSR count). The number of aryl methyl sites for hydroxylation is 2. The second kappa shape index (κ2) is 14.7. The van der Waals surface area contributed by atoms with Crippen LogP contribution < -0.4 is 9.30 Å². The summed E-state index contributed by atoms with van der Waals surface area (Å²) in [6.45, 7) is 10.3. The number of hydrogen-bond donors (Lipinski definition) is 0. The van der Waals surface area contributed by atoms with Crippen molar-refractivity contribution in [1.82, 2.24) is 14.1 Å². The molecule has 0 N–H and O–H groups in total. The van der Waals surface area contributed by atoms with Crippen molar-refractivity contribution in [2.75, 3.05) is 0 Å². The van der Waals surface area contributed by atoms with E-state index in [1.54, 1.807) is 10.9 Å². The number of benzene rings is 6. The van der Waals surface area contributed by atoms with Crippen molar-refractivity contribution < 1.29 is 17.5 Å². The Morgan fingerprint density at radius 1 is 0.644 bits per heavy atom. The maximum absolute atomic E-state index is 8.50. The molecule has 0 aliphatic rings. The summed E-state index contributed by atoms with van der Waals surface area (Å²) in [5.74, 6) is 2.49. The summed E-state index contributed by atoms with van der Waals surface area (Å²) >= 11 is 0. The fourth-order valence-corrected chi connectivity index (χ4v) is 8.51. The third-order valence-corrected chi connectivity index (χ3v) is 11.5. The Bertz CT molecular complexity index is 3220. The maximum Gasteiger partial charge on any atom is 0.255 e. The minimum absolute atomic E-state index is 0.0441. The van der Waals surface area contributed by atoms with Gasteiger partial charge in [0.15, 0.2) is 11.0 Å². The van der Waals surface area contributed by atoms with Crippen molar-refractivity contribution in [3.8, 4) is 39.8 Å². The van der Waals surface area contributed by atoms with E-state index in [1.807, 2.05) is 47.2 Å². The molecule has 3 heterocycles. The van der Waals surface area contributed by atoms with Crippen LogP contribution in [0, 0.1) is 13.7 Å². The zero-order chi connectivity index (χ0) is 46.2. The standard InChI is InChI=1S/C54H53N4O/c1-34(2)43-19-15-20-44(35(3)4)52(43)38-28-40(56-33-57(49-23-13-12-22-48(49)56)53-36(5)16-14-17-37(53)6)31-42(29-38)59-41-24-25-46-45-18-10-11-21-47(45)58(50(46)32-41)51-30-39(26-27-55-51)54(7,8)9/h10-35H,1-9H3/q+1/i5D3,6D3. The van der Waals surface area contributed by atoms with Gasteiger partial charge >= 0.3 is 0 Å². The molecule has 0 spiro atoms. The molecule has 0 fully saturated rings. The fourth-order valence-electron chi connectivity index (χ4n) is 8.51. The molecule has 0 aliphatic heterocycles. The molecular formula is C54H53N4O+. The van der Waals surface area contributed by atoms with Crippen LogP contribution in [0.5, 0.6) is 11.5 Å². The number of rotatable bonds is 8. The predicted molar refractivity (Wildman–Crippen MR) is 245 cm³/mol. The molecule has 0 unspecified atom stereocenters. The molecule has 59 heavy (non-hydrogen) atoms. The van der Waals surface area contributed by atoms with E-state index in [2.05, 4.69) is 132 Å². The lowest BCUT2D eigenvalue weighted by Gasteiger charge is -2.21. The van der Waals surface area contributed by atoms with Crippen LogP contribution in [-0.2, 0) is 5.41 Å². The molecule has 0 aliphatic carbocycles. The van der Waals surface area contributed by atoms with Gasteiger partial charge in [0.1, 0.15) is 28.7 Å². The average Bonchev–Trinajstić information content (AvgIpc) is 3.81. The van der Waals surface area contributed by atoms with Gasteiger partial charge in [0.2, 0.25) is 0 Å². The summed E-state index contributed by atoms with van der Waals surface area (Å²) in [7, 11) is 0. The Hall–Kier alpha value is -6.46. The minimum Gasteiger partial charge on any atom is -0.457 e. The molecule has 0 saturated heterocycles. The van der Waals surface area contributed by atoms with Crippen molar-refractivity contribution in [1.29, 1.82) is 0 Å². The number of imidazole rings is 1. The summed E-state index contributed by atoms with van der Waals surface area (Å²) in [5, 5.41) is 2.19. The molecule has 0 radical (unpaired) electrons. The molecule has 294 valence electrons. The summed E-state index contributed by atoms with van der Waals surface area (Å²) in [6.07, 6.45) is 3.68. The van der Waals surface area contributed by atoms with E-state index in [-0.39, 0.29) is 34.1 Å². The highest BCUT2D eigenvalue weighted by molar-refractivity contribution is 6.09. The van der Waals surface area contributed by atoms with Crippen LogP contribution in [0.2, 0.25) is 0 Å². The van der Waals surface area contributed by atoms with Crippen LogP contribution >= 0.6 is 0 Å². The first-order valence-corrected chi connectivity index (χ1v) is 20.4. The molecule has 0 atom stereocenters. The molecule has 3 aromatic heterocycles. The van der Waals surface area contributed by atoms with Gasteiger partial charge in [-0.25, -0.2) is 4.98 Å². The van der Waals surface area contributed by atoms with Crippen LogP contribution in [0.3, 0.4) is 0 Å². The normalized spacial score (nSPS) is 14.1. The van der Waals surface area contributed by atoms with Gasteiger partial charge in [0.05, 0.1) is 11.0 Å². The van der Waals surface area contributed by atoms with Gasteiger partial charge in [-0.15, -0.1) is 0 Å². The number of nitrogens with zero attached hydrogens (tertiary/aromatic N) is 4. The summed E-state index contributed by atoms with van der Waals surface area (Å²) in [6, 6.07) is 43.7. The van der Waals surface area contributed by atoms with Crippen LogP contribution in [0.25, 0.3) is 61.2 Å². The van der Waals surface area contributed by atoms with E-state index < -0.39 is 13.7 Å². The zero-order valence-electron chi connectivity index (χ0n) is 40.7. The first-order valence-electron chi connectivity index (χ1n) is 23.4. The van der Waals surface area contributed by atoms with Crippen molar-refractivity contribution >= 4 is 32.8 Å². The molecule has 5 nitrogen and oxygen atoms in total. The van der Waals surface area contributed by atoms with Gasteiger partial charge in [-0.2, -0.15) is 9.13 Å². The molecular weight excluding hydrogens is 721 g/mol. The number of hydrogen-bond acceptors (Lipinski definition) is 2. The molecule has 0 bridgehead atoms. The first kappa shape index (κ1) is 31.5. The Balaban J connectivity index is 1.29. The average molecular weight is 780 g/mol. The Kier molecular flexibility index (Phi) is 7.87. The Morgan fingerprint density at radius 2 is 1.32 bits per heavy atom. The van der Waals surface area contributed by atoms with Gasteiger partial charge in [0, 0.05) is 37.3 Å². The highest BCUT2D eigenvalue weighted by Gasteiger charge is 2.25. The monoisotopic (exact) mass is 779 g/mol. The predicted octanol–water partition coefficient (Wildman–Crippen LogP) is 14.0. The maximum atomic E-state index is 8.50. The highest BCUT2D eigenvalue weighted by atomic mass is 16.5. The van der Waals surface area contributed by atoms with Crippen LogP contribution in [0.1, 0.15) is 96.3 Å². The van der Waals surface area contributed by atoms with Gasteiger partial charge in [-0.05, 0) is 124 Å². The van der Waals surface area contributed by atoms with E-state index in [4.69, 9.17) is 17.9 Å². The van der Waals surface area contributed by atoms with Crippen LogP contribution in [-0.4, -0.2) is 14.1 Å². The van der Waals surface area contributed by atoms with Crippen molar-refractivity contribution in [3.63, 3.8) is 0 Å². The van der Waals surface area contributed by atoms with Crippen molar-refractivity contribution in [2.24, 2.45) is 0 Å². The topological polar surface area (TPSA) is 35.9 Å². The number of ether oxygens (including phenoxy) is 1. The smallest absolute Gasteiger partial charge is 0.255 e. The van der Waals surface area contributed by atoms with Crippen LogP contribution in [0.4, 0.5) is 0 Å². The Morgan fingerprint density at radius 3 is 2.03 bits per heavy atom. The molecule has 5 heteroatoms. The van der Waals surface area contributed by atoms with E-state index in [0.717, 1.165) is 50.0 Å². The largest absolute Gasteiger partial charge is 0.457 e. The molecule has 6 aromatic carbocycles. The van der Waals surface area contributed by atoms with Crippen molar-refractivity contribution in [2.45, 2.75) is 79.4 Å². The fraction of sp³-hybridized carbons (Fsp3) is 0.222. The third kappa shape index (κ3) is 6.78. The number of fused-ring (bicyclic) bond motifs is 4. The summed E-state index contributed by atoms with van der Waals surface area (Å²) in [4.78, 5) is 4.89. The second-order valence-corrected chi connectivity index (χ2v) is 17.2. The number of aromatic nitrogens is 4. The first-order chi connectivity index (χ1) is 30.8. The van der Waals surface area contributed by atoms with Gasteiger partial charge in [0.25, 0.3) is 6.33 Å². The number of pyridine rings is 1. The van der Waals surface area contributed by atoms with Gasteiger partial charge in [-0.3, -0.25) is 4.57 Å². The lowest BCUT2D eigenvalue weighted by Crippen LogP contribution is -2.29. The van der Waals surface area contributed by atoms with Crippen LogP contribution in [0.15, 0.2) is 146 Å². The molecule has 9 aromatic rings. The van der Waals surface area contributed by atoms with E-state index >= 15 is 0 Å². The summed E-state index contributed by atoms with van der Waals surface area (Å²) < 4.78 is 63.9. The number of para-hydroxylation sites is 4. The lowest BCUT2D eigenvalue weighted by atomic mass is 9.85. The second-order valence-electron chi connectivity index (χ2n) is 17.2. The van der Waals surface area contributed by atoms with E-state index in [1.165, 1.54) is 34.9 Å². The van der Waals surface area contributed by atoms with E-state index in [9.17, 15) is 0 Å². The van der Waals surface area contributed by atoms with E-state index in [0.29, 0.717) is 17.0 Å². The minimum atomic E-state index is -2.58. The summed E-state index contributed by atoms with van der Waals surface area (Å²) in [5.41, 5.74) is 9.80. The molecule has 0 saturated carbocycles. The molecule has 0 amide bonds. The third-order valence-electron chi connectivity index (χ3n) is 11.5. The zero-order valence-corrected chi connectivity index (χ0v) is 34.7. The van der Waals surface area contributed by atoms with Crippen molar-refractivity contribution in [3.05, 3.63) is 174 Å². The highest BCUT2D eigenvalue weighted by Crippen LogP contribution is 2.41. The lowest BCUT2D eigenvalue weighted by molar-refractivity contribution is -0.567. The van der Waals surface area contributed by atoms with Gasteiger partial charge in [-0.1, -0.05) is 115 Å². The van der Waals surface area contributed by atoms with Gasteiger partial charge < -0.3 is 4.74 Å². The Labute approximate surface area is 356 Å². The SMILES string of the molecule is [2H]C([2H])([2H])c1cccc(C([2H])([2H])[2H])c1-n1c[n+](-c2cc(Oc3ccc4c5ccccc5n(-c5cc(C(C)(C)C)ccn5)c4c3)cc(-c3c(C(C)C)cccc3C(C)C)c2)c2ccccc21. The quantitative estimate of drug-likeness (QED) is 0.144.